The molecule has 16 heavy (non-hydrogen) atoms. The maximum absolute atomic E-state index is 11.6. The van der Waals surface area contributed by atoms with Crippen molar-refractivity contribution in [2.45, 2.75) is 52.6 Å². The Bertz CT molecular complexity index is 276. The Kier molecular flexibility index (Phi) is 7.19. The quantitative estimate of drug-likeness (QED) is 0.709. The van der Waals surface area contributed by atoms with Crippen molar-refractivity contribution in [3.05, 3.63) is 0 Å². The molecule has 0 heterocycles. The Morgan fingerprint density at radius 3 is 2.12 bits per heavy atom. The molecule has 1 atom stereocenters. The maximum Gasteiger partial charge on any atom is 0.211 e. The summed E-state index contributed by atoms with van der Waals surface area (Å²) < 4.78 is 24.8. The molecule has 0 amide bonds. The number of sulfonamides is 1. The van der Waals surface area contributed by atoms with Crippen LogP contribution in [0.3, 0.4) is 0 Å². The molecule has 0 saturated heterocycles. The molecule has 98 valence electrons. The molecule has 0 fully saturated rings. The van der Waals surface area contributed by atoms with Crippen LogP contribution in [0.5, 0.6) is 0 Å². The Morgan fingerprint density at radius 1 is 1.25 bits per heavy atom. The lowest BCUT2D eigenvalue weighted by Gasteiger charge is -2.28. The van der Waals surface area contributed by atoms with Gasteiger partial charge in [0.15, 0.2) is 0 Å². The molecule has 0 rings (SSSR count). The van der Waals surface area contributed by atoms with Crippen molar-refractivity contribution >= 4 is 10.0 Å². The first-order valence-corrected chi connectivity index (χ1v) is 7.87. The molecule has 0 saturated carbocycles. The minimum absolute atomic E-state index is 0.0208. The Hall–Kier alpha value is -0.130. The van der Waals surface area contributed by atoms with Crippen LogP contribution in [0.25, 0.3) is 0 Å². The van der Waals surface area contributed by atoms with Crippen molar-refractivity contribution in [3.8, 4) is 0 Å². The molecule has 5 heteroatoms. The van der Waals surface area contributed by atoms with E-state index in [1.165, 1.54) is 6.26 Å². The van der Waals surface area contributed by atoms with Crippen molar-refractivity contribution in [2.24, 2.45) is 0 Å². The summed E-state index contributed by atoms with van der Waals surface area (Å²) in [6, 6.07) is 0.268. The van der Waals surface area contributed by atoms with Gasteiger partial charge in [-0.25, -0.2) is 8.42 Å². The van der Waals surface area contributed by atoms with Crippen molar-refractivity contribution < 1.29 is 8.42 Å². The molecule has 0 spiro atoms. The molecule has 1 N–H and O–H groups in total. The van der Waals surface area contributed by atoms with Crippen LogP contribution in [0.15, 0.2) is 0 Å². The van der Waals surface area contributed by atoms with E-state index in [-0.39, 0.29) is 12.1 Å². The zero-order valence-electron chi connectivity index (χ0n) is 11.2. The average molecular weight is 250 g/mol. The number of rotatable bonds is 8. The van der Waals surface area contributed by atoms with Crippen LogP contribution in [0.4, 0.5) is 0 Å². The summed E-state index contributed by atoms with van der Waals surface area (Å²) in [5, 5.41) is 3.37. The number of nitrogens with one attached hydrogen (secondary N) is 1. The lowest BCUT2D eigenvalue weighted by molar-refractivity contribution is 0.308. The first kappa shape index (κ1) is 15.9. The molecule has 0 aliphatic rings. The third-order valence-corrected chi connectivity index (χ3v) is 4.00. The average Bonchev–Trinajstić information content (AvgIpc) is 2.15. The summed E-state index contributed by atoms with van der Waals surface area (Å²) >= 11 is 0. The summed E-state index contributed by atoms with van der Waals surface area (Å²) in [5.74, 6) is 0. The lowest BCUT2D eigenvalue weighted by atomic mass is 10.2. The fourth-order valence-corrected chi connectivity index (χ4v) is 2.85. The van der Waals surface area contributed by atoms with Crippen molar-refractivity contribution in [3.63, 3.8) is 0 Å². The van der Waals surface area contributed by atoms with Gasteiger partial charge in [-0.3, -0.25) is 0 Å². The second kappa shape index (κ2) is 7.25. The lowest BCUT2D eigenvalue weighted by Crippen LogP contribution is -2.46. The molecule has 4 nitrogen and oxygen atoms in total. The van der Waals surface area contributed by atoms with Gasteiger partial charge in [0.05, 0.1) is 6.26 Å². The Morgan fingerprint density at radius 2 is 1.81 bits per heavy atom. The minimum atomic E-state index is -3.10. The second-order valence-electron chi connectivity index (χ2n) is 4.49. The van der Waals surface area contributed by atoms with E-state index in [1.54, 1.807) is 4.31 Å². The van der Waals surface area contributed by atoms with Gasteiger partial charge in [-0.2, -0.15) is 4.31 Å². The fraction of sp³-hybridized carbons (Fsp3) is 1.00. The van der Waals surface area contributed by atoms with Crippen molar-refractivity contribution in [2.75, 3.05) is 19.3 Å². The molecule has 0 aromatic heterocycles. The third kappa shape index (κ3) is 5.82. The van der Waals surface area contributed by atoms with E-state index in [2.05, 4.69) is 19.2 Å². The number of nitrogens with zero attached hydrogens (tertiary/aromatic N) is 1. The highest BCUT2D eigenvalue weighted by Crippen LogP contribution is 2.07. The van der Waals surface area contributed by atoms with Crippen molar-refractivity contribution in [1.82, 2.24) is 9.62 Å². The van der Waals surface area contributed by atoms with E-state index in [9.17, 15) is 8.42 Å². The summed E-state index contributed by atoms with van der Waals surface area (Å²) in [7, 11) is -3.10. The van der Waals surface area contributed by atoms with E-state index in [1.807, 2.05) is 13.8 Å². The minimum Gasteiger partial charge on any atom is -0.313 e. The summed E-state index contributed by atoms with van der Waals surface area (Å²) in [6.45, 7) is 9.51. The largest absolute Gasteiger partial charge is 0.313 e. The van der Waals surface area contributed by atoms with Crippen LogP contribution in [0.2, 0.25) is 0 Å². The van der Waals surface area contributed by atoms with Crippen LogP contribution < -0.4 is 5.32 Å². The molecular formula is C11H26N2O2S. The summed E-state index contributed by atoms with van der Waals surface area (Å²) in [6.07, 6.45) is 3.29. The molecular weight excluding hydrogens is 224 g/mol. The van der Waals surface area contributed by atoms with Crippen LogP contribution in [0, 0.1) is 0 Å². The van der Waals surface area contributed by atoms with E-state index in [0.29, 0.717) is 6.54 Å². The van der Waals surface area contributed by atoms with Gasteiger partial charge in [-0.15, -0.1) is 0 Å². The van der Waals surface area contributed by atoms with Gasteiger partial charge in [-0.05, 0) is 33.2 Å². The molecule has 0 bridgehead atoms. The normalized spacial score (nSPS) is 14.7. The SMILES string of the molecule is CCCN[C@H](CC)CN(C(C)C)S(C)(=O)=O. The molecule has 0 aliphatic heterocycles. The van der Waals surface area contributed by atoms with E-state index >= 15 is 0 Å². The van der Waals surface area contributed by atoms with E-state index < -0.39 is 10.0 Å². The van der Waals surface area contributed by atoms with Crippen LogP contribution in [-0.2, 0) is 10.0 Å². The van der Waals surface area contributed by atoms with Crippen LogP contribution >= 0.6 is 0 Å². The van der Waals surface area contributed by atoms with E-state index in [0.717, 1.165) is 19.4 Å². The first-order chi connectivity index (χ1) is 7.32. The van der Waals surface area contributed by atoms with Gasteiger partial charge in [0.25, 0.3) is 0 Å². The predicted molar refractivity (Wildman–Crippen MR) is 69.1 cm³/mol. The Balaban J connectivity index is 4.48. The zero-order chi connectivity index (χ0) is 12.8. The Labute approximate surface area is 100 Å². The van der Waals surface area contributed by atoms with Crippen LogP contribution in [0.1, 0.15) is 40.5 Å². The van der Waals surface area contributed by atoms with E-state index in [4.69, 9.17) is 0 Å². The monoisotopic (exact) mass is 250 g/mol. The fourth-order valence-electron chi connectivity index (χ4n) is 1.63. The van der Waals surface area contributed by atoms with Gasteiger partial charge >= 0.3 is 0 Å². The van der Waals surface area contributed by atoms with Gasteiger partial charge in [0, 0.05) is 18.6 Å². The predicted octanol–water partition coefficient (Wildman–Crippen LogP) is 1.43. The highest BCUT2D eigenvalue weighted by Gasteiger charge is 2.22. The molecule has 0 aromatic carbocycles. The highest BCUT2D eigenvalue weighted by molar-refractivity contribution is 7.88. The van der Waals surface area contributed by atoms with Gasteiger partial charge in [-0.1, -0.05) is 13.8 Å². The molecule has 0 radical (unpaired) electrons. The summed E-state index contributed by atoms with van der Waals surface area (Å²) in [5.41, 5.74) is 0. The zero-order valence-corrected chi connectivity index (χ0v) is 12.0. The highest BCUT2D eigenvalue weighted by atomic mass is 32.2. The van der Waals surface area contributed by atoms with Gasteiger partial charge in [0.1, 0.15) is 0 Å². The number of hydrogen-bond donors (Lipinski definition) is 1. The molecule has 0 aromatic rings. The topological polar surface area (TPSA) is 49.4 Å². The van der Waals surface area contributed by atoms with Gasteiger partial charge in [0.2, 0.25) is 10.0 Å². The molecule has 0 unspecified atom stereocenters. The van der Waals surface area contributed by atoms with Crippen molar-refractivity contribution in [1.29, 1.82) is 0 Å². The summed E-state index contributed by atoms with van der Waals surface area (Å²) in [4.78, 5) is 0. The number of hydrogen-bond acceptors (Lipinski definition) is 3. The smallest absolute Gasteiger partial charge is 0.211 e. The first-order valence-electron chi connectivity index (χ1n) is 6.03. The van der Waals surface area contributed by atoms with Crippen LogP contribution in [-0.4, -0.2) is 44.2 Å². The molecule has 0 aliphatic carbocycles. The standard InChI is InChI=1S/C11H26N2O2S/c1-6-8-12-11(7-2)9-13(10(3)4)16(5,14)15/h10-12H,6-9H2,1-5H3/t11-/m1/s1. The maximum atomic E-state index is 11.6. The van der Waals surface area contributed by atoms with Gasteiger partial charge < -0.3 is 5.32 Å². The third-order valence-electron chi connectivity index (χ3n) is 2.58. The second-order valence-corrected chi connectivity index (χ2v) is 6.42.